The van der Waals surface area contributed by atoms with Crippen molar-refractivity contribution >= 4 is 43.7 Å². The van der Waals surface area contributed by atoms with E-state index >= 15 is 0 Å². The summed E-state index contributed by atoms with van der Waals surface area (Å²) in [5.74, 6) is 0.204. The normalized spacial score (nSPS) is 15.0. The van der Waals surface area contributed by atoms with Crippen LogP contribution in [-0.4, -0.2) is 14.5 Å². The van der Waals surface area contributed by atoms with Gasteiger partial charge in [-0.2, -0.15) is 0 Å². The summed E-state index contributed by atoms with van der Waals surface area (Å²) in [4.78, 5) is 10.0. The maximum atomic E-state index is 9.48. The van der Waals surface area contributed by atoms with Gasteiger partial charge in [-0.15, -0.1) is 0 Å². The molecule has 50 heavy (non-hydrogen) atoms. The number of furan rings is 1. The Morgan fingerprint density at radius 3 is 2.04 bits per heavy atom. The van der Waals surface area contributed by atoms with E-state index < -0.39 is 78.2 Å². The van der Waals surface area contributed by atoms with E-state index in [-0.39, 0.29) is 38.9 Å². The van der Waals surface area contributed by atoms with E-state index in [1.54, 1.807) is 6.07 Å². The van der Waals surface area contributed by atoms with Crippen LogP contribution >= 0.6 is 0 Å². The predicted molar refractivity (Wildman–Crippen MR) is 205 cm³/mol. The Kier molecular flexibility index (Phi) is 4.27. The monoisotopic (exact) mass is 651 g/mol. The molecule has 0 saturated carbocycles. The Hall–Kier alpha value is -6.78. The lowest BCUT2D eigenvalue weighted by atomic mass is 10.00. The molecule has 4 nitrogen and oxygen atoms in total. The molecule has 0 aliphatic carbocycles. The van der Waals surface area contributed by atoms with Gasteiger partial charge in [0.05, 0.1) is 38.9 Å². The van der Waals surface area contributed by atoms with Gasteiger partial charge in [0.1, 0.15) is 11.2 Å². The number of fused-ring (bicyclic) bond motifs is 6. The van der Waals surface area contributed by atoms with Gasteiger partial charge in [-0.25, -0.2) is 9.97 Å². The summed E-state index contributed by atoms with van der Waals surface area (Å²) in [5.41, 5.74) is 3.51. The maximum Gasteiger partial charge on any atom is 0.160 e. The number of aromatic nitrogens is 3. The van der Waals surface area contributed by atoms with Crippen LogP contribution in [0.15, 0.2) is 180 Å². The summed E-state index contributed by atoms with van der Waals surface area (Å²) in [7, 11) is 0. The molecule has 0 unspecified atom stereocenters. The van der Waals surface area contributed by atoms with E-state index in [1.165, 1.54) is 0 Å². The summed E-state index contributed by atoms with van der Waals surface area (Å²) < 4.78 is 114. The number of hydrogen-bond donors (Lipinski definition) is 0. The molecule has 7 aromatic carbocycles. The van der Waals surface area contributed by atoms with Crippen molar-refractivity contribution in [1.82, 2.24) is 14.5 Å². The molecular weight excluding hydrogens is 611 g/mol. The van der Waals surface area contributed by atoms with Crippen LogP contribution in [0.5, 0.6) is 0 Å². The van der Waals surface area contributed by atoms with Gasteiger partial charge in [-0.1, -0.05) is 133 Å². The smallest absolute Gasteiger partial charge is 0.160 e. The Bertz CT molecular complexity index is 3520. The molecule has 0 bridgehead atoms. The van der Waals surface area contributed by atoms with E-state index in [9.17, 15) is 4.11 Å². The third-order valence-corrected chi connectivity index (χ3v) is 8.84. The Balaban J connectivity index is 1.36. The Morgan fingerprint density at radius 1 is 0.500 bits per heavy atom. The molecule has 0 fully saturated rings. The van der Waals surface area contributed by atoms with Crippen LogP contribution in [0.2, 0.25) is 0 Å². The summed E-state index contributed by atoms with van der Waals surface area (Å²) in [6, 6.07) is 24.5. The summed E-state index contributed by atoms with van der Waals surface area (Å²) in [6.07, 6.45) is 0. The van der Waals surface area contributed by atoms with Crippen molar-refractivity contribution in [1.29, 1.82) is 0 Å². The van der Waals surface area contributed by atoms with E-state index in [0.29, 0.717) is 28.0 Å². The molecule has 0 aliphatic rings. The number of hydrogen-bond acceptors (Lipinski definition) is 3. The zero-order chi connectivity index (χ0) is 43.5. The second-order valence-corrected chi connectivity index (χ2v) is 11.7. The highest BCUT2D eigenvalue weighted by atomic mass is 16.3. The number of para-hydroxylation sites is 4. The van der Waals surface area contributed by atoms with Gasteiger partial charge in [0.15, 0.2) is 5.82 Å². The largest absolute Gasteiger partial charge is 0.455 e. The number of nitrogens with zero attached hydrogens (tertiary/aromatic N) is 3. The fourth-order valence-electron chi connectivity index (χ4n) is 6.58. The minimum Gasteiger partial charge on any atom is -0.455 e. The maximum absolute atomic E-state index is 9.48. The van der Waals surface area contributed by atoms with Gasteiger partial charge < -0.3 is 8.98 Å². The van der Waals surface area contributed by atoms with Crippen molar-refractivity contribution in [2.24, 2.45) is 0 Å². The van der Waals surface area contributed by atoms with Crippen molar-refractivity contribution in [2.45, 2.75) is 0 Å². The lowest BCUT2D eigenvalue weighted by Crippen LogP contribution is -1.97. The average Bonchev–Trinajstić information content (AvgIpc) is 3.85. The van der Waals surface area contributed by atoms with Crippen LogP contribution in [0.25, 0.3) is 94.5 Å². The van der Waals surface area contributed by atoms with Crippen LogP contribution in [0.4, 0.5) is 0 Å². The molecule has 0 saturated heterocycles. The lowest BCUT2D eigenvalue weighted by Gasteiger charge is -2.12. The molecule has 0 aliphatic heterocycles. The van der Waals surface area contributed by atoms with Crippen LogP contribution < -0.4 is 0 Å². The first-order valence-electron chi connectivity index (χ1n) is 21.9. The van der Waals surface area contributed by atoms with Crippen molar-refractivity contribution in [3.63, 3.8) is 0 Å². The van der Waals surface area contributed by atoms with Crippen molar-refractivity contribution in [3.05, 3.63) is 176 Å². The van der Waals surface area contributed by atoms with Gasteiger partial charge in [0.25, 0.3) is 0 Å². The van der Waals surface area contributed by atoms with Gasteiger partial charge in [-0.05, 0) is 53.5 Å². The first kappa shape index (κ1) is 18.7. The summed E-state index contributed by atoms with van der Waals surface area (Å²) in [6.45, 7) is 0. The van der Waals surface area contributed by atoms with Gasteiger partial charge in [0, 0.05) is 43.9 Å². The SMILES string of the molecule is [2H]c1c([2H])c([2H])c(-n2c3c([2H])c([2H])c([2H])c([2H])c3c3c(-c4cc(-c5cccc6c5oc5ccccc56)nc(-c5ccc(-c6ccccc6)cc5)n4)c([2H])c([2H])c([2H])c32)c([2H])c1[2H]. The van der Waals surface area contributed by atoms with Crippen LogP contribution in [0.3, 0.4) is 0 Å². The highest BCUT2D eigenvalue weighted by Crippen LogP contribution is 2.41. The average molecular weight is 652 g/mol. The molecule has 0 spiro atoms. The highest BCUT2D eigenvalue weighted by Gasteiger charge is 2.20. The first-order chi connectivity index (χ1) is 29.8. The molecular formula is C46H29N3O. The Morgan fingerprint density at radius 2 is 1.18 bits per heavy atom. The Labute approximate surface area is 305 Å². The zero-order valence-corrected chi connectivity index (χ0v) is 26.1. The quantitative estimate of drug-likeness (QED) is 0.186. The minimum absolute atomic E-state index is 0.0567. The number of rotatable bonds is 5. The second-order valence-electron chi connectivity index (χ2n) is 11.7. The summed E-state index contributed by atoms with van der Waals surface area (Å²) >= 11 is 0. The van der Waals surface area contributed by atoms with E-state index in [2.05, 4.69) is 0 Å². The summed E-state index contributed by atoms with van der Waals surface area (Å²) in [5, 5.41) is 1.41. The molecule has 0 amide bonds. The molecule has 10 aromatic rings. The number of benzene rings is 7. The predicted octanol–water partition coefficient (Wildman–Crippen LogP) is 12.1. The molecule has 0 atom stereocenters. The fraction of sp³-hybridized carbons (Fsp3) is 0. The zero-order valence-electron chi connectivity index (χ0n) is 38.1. The van der Waals surface area contributed by atoms with Gasteiger partial charge >= 0.3 is 0 Å². The molecule has 0 N–H and O–H groups in total. The van der Waals surface area contributed by atoms with Gasteiger partial charge in [0.2, 0.25) is 0 Å². The van der Waals surface area contributed by atoms with Crippen LogP contribution in [-0.2, 0) is 0 Å². The third-order valence-electron chi connectivity index (χ3n) is 8.84. The third kappa shape index (κ3) is 4.54. The van der Waals surface area contributed by atoms with Crippen molar-refractivity contribution < 1.29 is 20.9 Å². The first-order valence-corrected chi connectivity index (χ1v) is 15.9. The van der Waals surface area contributed by atoms with Gasteiger partial charge in [-0.3, -0.25) is 0 Å². The molecule has 234 valence electrons. The van der Waals surface area contributed by atoms with Crippen molar-refractivity contribution in [2.75, 3.05) is 0 Å². The molecule has 3 heterocycles. The van der Waals surface area contributed by atoms with Crippen molar-refractivity contribution in [3.8, 4) is 50.7 Å². The van der Waals surface area contributed by atoms with Crippen LogP contribution in [0, 0.1) is 0 Å². The second kappa shape index (κ2) is 11.4. The highest BCUT2D eigenvalue weighted by molar-refractivity contribution is 6.16. The van der Waals surface area contributed by atoms with E-state index in [4.69, 9.17) is 26.7 Å². The van der Waals surface area contributed by atoms with Crippen LogP contribution in [0.1, 0.15) is 16.4 Å². The molecule has 3 aromatic heterocycles. The molecule has 10 rings (SSSR count). The minimum atomic E-state index is -0.713. The topological polar surface area (TPSA) is 43.9 Å². The standard InChI is InChI=1S/C46H29N3O/c1-3-13-30(14-4-1)31-25-27-32(28-26-31)46-47-39(29-40(48-46)37-21-11-19-35-34-17-8-10-24-43(34)50-45(35)37)36-20-12-23-42-44(36)38-18-7-9-22-41(38)49(42)33-15-5-2-6-16-33/h1-29H/i2D,5D,6D,7D,9D,12D,15D,16D,18D,20D,22D,23D. The molecule has 4 heteroatoms. The fourth-order valence-corrected chi connectivity index (χ4v) is 6.58. The lowest BCUT2D eigenvalue weighted by molar-refractivity contribution is 0.670. The van der Waals surface area contributed by atoms with E-state index in [1.807, 2.05) is 97.1 Å². The van der Waals surface area contributed by atoms with E-state index in [0.717, 1.165) is 26.5 Å². The molecule has 0 radical (unpaired) electrons.